The van der Waals surface area contributed by atoms with Crippen LogP contribution in [0.4, 0.5) is 5.69 Å². The number of nitrogens with one attached hydrogen (secondary N) is 1. The first-order valence-electron chi connectivity index (χ1n) is 7.76. The second-order valence-electron chi connectivity index (χ2n) is 5.22. The lowest BCUT2D eigenvalue weighted by Gasteiger charge is -2.09. The zero-order valence-electron chi connectivity index (χ0n) is 14.0. The van der Waals surface area contributed by atoms with Crippen LogP contribution in [0.1, 0.15) is 6.92 Å². The monoisotopic (exact) mass is 442 g/mol. The summed E-state index contributed by atoms with van der Waals surface area (Å²) in [5.74, 6) is 0.461. The summed E-state index contributed by atoms with van der Waals surface area (Å²) in [6.45, 7) is 2.59. The van der Waals surface area contributed by atoms with Gasteiger partial charge in [-0.2, -0.15) is 0 Å². The predicted molar refractivity (Wildman–Crippen MR) is 108 cm³/mol. The maximum absolute atomic E-state index is 12.3. The molecule has 0 aliphatic carbocycles. The van der Waals surface area contributed by atoms with E-state index in [-0.39, 0.29) is 11.7 Å². The third-order valence-electron chi connectivity index (χ3n) is 3.44. The van der Waals surface area contributed by atoms with Crippen molar-refractivity contribution in [2.24, 2.45) is 0 Å². The summed E-state index contributed by atoms with van der Waals surface area (Å²) < 4.78 is 1.87. The van der Waals surface area contributed by atoms with Crippen LogP contribution in [0.3, 0.4) is 0 Å². The molecule has 140 valence electrons. The van der Waals surface area contributed by atoms with E-state index in [2.05, 4.69) is 25.5 Å². The number of carbonyl (C=O) groups is 1. The van der Waals surface area contributed by atoms with Crippen LogP contribution in [0.5, 0.6) is 0 Å². The zero-order valence-corrected chi connectivity index (χ0v) is 17.1. The number of thioether (sulfide) groups is 1. The summed E-state index contributed by atoms with van der Waals surface area (Å²) in [5, 5.41) is 12.6. The molecule has 11 heteroatoms. The fraction of sp³-hybridized carbons (Fsp3) is 0.188. The van der Waals surface area contributed by atoms with Crippen LogP contribution in [0, 0.1) is 0 Å². The summed E-state index contributed by atoms with van der Waals surface area (Å²) in [7, 11) is 0. The Balaban J connectivity index is 1.69. The van der Waals surface area contributed by atoms with E-state index in [4.69, 9.17) is 34.8 Å². The minimum atomic E-state index is -0.257. The van der Waals surface area contributed by atoms with Gasteiger partial charge in [0.15, 0.2) is 11.0 Å². The van der Waals surface area contributed by atoms with Gasteiger partial charge in [-0.05, 0) is 19.1 Å². The van der Waals surface area contributed by atoms with Crippen LogP contribution in [0.15, 0.2) is 35.9 Å². The summed E-state index contributed by atoms with van der Waals surface area (Å²) in [6, 6.07) is 2.99. The Kier molecular flexibility index (Phi) is 6.54. The van der Waals surface area contributed by atoms with Gasteiger partial charge in [0.2, 0.25) is 5.91 Å². The number of aromatic nitrogens is 5. The lowest BCUT2D eigenvalue weighted by molar-refractivity contribution is -0.113. The summed E-state index contributed by atoms with van der Waals surface area (Å²) >= 11 is 19.2. The molecule has 0 bridgehead atoms. The number of rotatable bonds is 6. The number of benzene rings is 1. The summed E-state index contributed by atoms with van der Waals surface area (Å²) in [4.78, 5) is 20.5. The van der Waals surface area contributed by atoms with E-state index in [0.717, 1.165) is 0 Å². The molecule has 0 fully saturated rings. The Morgan fingerprint density at radius 1 is 1.15 bits per heavy atom. The van der Waals surface area contributed by atoms with Crippen molar-refractivity contribution in [1.82, 2.24) is 24.7 Å². The number of hydrogen-bond acceptors (Lipinski definition) is 6. The van der Waals surface area contributed by atoms with E-state index in [1.165, 1.54) is 23.9 Å². The van der Waals surface area contributed by atoms with Crippen molar-refractivity contribution in [3.63, 3.8) is 0 Å². The van der Waals surface area contributed by atoms with E-state index >= 15 is 0 Å². The molecule has 1 amide bonds. The molecule has 0 aliphatic heterocycles. The Bertz CT molecular complexity index is 966. The lowest BCUT2D eigenvalue weighted by Crippen LogP contribution is -2.15. The minimum absolute atomic E-state index is 0.120. The fourth-order valence-corrected chi connectivity index (χ4v) is 3.62. The van der Waals surface area contributed by atoms with Crippen molar-refractivity contribution < 1.29 is 4.79 Å². The smallest absolute Gasteiger partial charge is 0.234 e. The minimum Gasteiger partial charge on any atom is -0.324 e. The normalized spacial score (nSPS) is 10.8. The molecular formula is C16H13Cl3N6OS. The second-order valence-corrected chi connectivity index (χ2v) is 7.39. The lowest BCUT2D eigenvalue weighted by atomic mass is 10.3. The molecule has 0 atom stereocenters. The second kappa shape index (κ2) is 8.88. The van der Waals surface area contributed by atoms with Gasteiger partial charge in [0, 0.05) is 18.9 Å². The molecule has 27 heavy (non-hydrogen) atoms. The van der Waals surface area contributed by atoms with E-state index < -0.39 is 0 Å². The van der Waals surface area contributed by atoms with Crippen LogP contribution in [-0.2, 0) is 11.3 Å². The van der Waals surface area contributed by atoms with Gasteiger partial charge in [0.05, 0.1) is 32.7 Å². The molecular weight excluding hydrogens is 431 g/mol. The molecule has 7 nitrogen and oxygen atoms in total. The topological polar surface area (TPSA) is 85.6 Å². The van der Waals surface area contributed by atoms with E-state index in [0.29, 0.717) is 44.0 Å². The van der Waals surface area contributed by atoms with Gasteiger partial charge in [-0.1, -0.05) is 46.6 Å². The van der Waals surface area contributed by atoms with Gasteiger partial charge in [-0.25, -0.2) is 4.98 Å². The molecule has 3 aromatic rings. The molecule has 0 radical (unpaired) electrons. The van der Waals surface area contributed by atoms with Crippen molar-refractivity contribution in [2.75, 3.05) is 11.1 Å². The van der Waals surface area contributed by atoms with Crippen molar-refractivity contribution in [3.8, 4) is 11.5 Å². The number of carbonyl (C=O) groups excluding carboxylic acids is 1. The maximum Gasteiger partial charge on any atom is 0.234 e. The van der Waals surface area contributed by atoms with Crippen molar-refractivity contribution in [3.05, 3.63) is 45.8 Å². The molecule has 3 rings (SSSR count). The molecule has 2 aromatic heterocycles. The quantitative estimate of drug-likeness (QED) is 0.447. The highest BCUT2D eigenvalue weighted by molar-refractivity contribution is 7.99. The summed E-state index contributed by atoms with van der Waals surface area (Å²) in [6.07, 6.45) is 4.79. The van der Waals surface area contributed by atoms with Gasteiger partial charge in [-0.15, -0.1) is 10.2 Å². The molecule has 2 heterocycles. The summed E-state index contributed by atoms with van der Waals surface area (Å²) in [5.41, 5.74) is 1.01. The fourth-order valence-electron chi connectivity index (χ4n) is 2.22. The first-order chi connectivity index (χ1) is 13.0. The zero-order chi connectivity index (χ0) is 19.4. The third-order valence-corrected chi connectivity index (χ3v) is 5.44. The Labute approximate surface area is 174 Å². The van der Waals surface area contributed by atoms with Gasteiger partial charge >= 0.3 is 0 Å². The van der Waals surface area contributed by atoms with Crippen molar-refractivity contribution in [1.29, 1.82) is 0 Å². The Hall–Kier alpha value is -1.87. The SMILES string of the molecule is CCn1c(SCC(=O)Nc2cc(Cl)c(Cl)cc2Cl)nnc1-c1cnccn1. The van der Waals surface area contributed by atoms with Crippen molar-refractivity contribution >= 4 is 58.2 Å². The van der Waals surface area contributed by atoms with Crippen LogP contribution in [0.25, 0.3) is 11.5 Å². The first kappa shape index (κ1) is 19.9. The van der Waals surface area contributed by atoms with Crippen LogP contribution >= 0.6 is 46.6 Å². The number of hydrogen-bond donors (Lipinski definition) is 1. The molecule has 0 spiro atoms. The van der Waals surface area contributed by atoms with Crippen LogP contribution in [0.2, 0.25) is 15.1 Å². The van der Waals surface area contributed by atoms with Crippen molar-refractivity contribution in [2.45, 2.75) is 18.6 Å². The standard InChI is InChI=1S/C16H13Cl3N6OS/c1-2-25-15(13-7-20-3-4-21-13)23-24-16(25)27-8-14(26)22-12-6-10(18)9(17)5-11(12)19/h3-7H,2,8H2,1H3,(H,22,26). The first-order valence-corrected chi connectivity index (χ1v) is 9.88. The Morgan fingerprint density at radius 2 is 1.93 bits per heavy atom. The predicted octanol–water partition coefficient (Wildman–Crippen LogP) is 4.45. The number of anilines is 1. The molecule has 0 saturated carbocycles. The highest BCUT2D eigenvalue weighted by atomic mass is 35.5. The van der Waals surface area contributed by atoms with Gasteiger partial charge in [-0.3, -0.25) is 9.78 Å². The van der Waals surface area contributed by atoms with Gasteiger partial charge in [0.1, 0.15) is 5.69 Å². The van der Waals surface area contributed by atoms with E-state index in [9.17, 15) is 4.79 Å². The average Bonchev–Trinajstić information content (AvgIpc) is 3.08. The number of amides is 1. The third kappa shape index (κ3) is 4.70. The van der Waals surface area contributed by atoms with Crippen LogP contribution < -0.4 is 5.32 Å². The molecule has 1 aromatic carbocycles. The molecule has 0 unspecified atom stereocenters. The Morgan fingerprint density at radius 3 is 2.63 bits per heavy atom. The number of nitrogens with zero attached hydrogens (tertiary/aromatic N) is 5. The van der Waals surface area contributed by atoms with E-state index in [1.54, 1.807) is 18.6 Å². The maximum atomic E-state index is 12.3. The molecule has 0 aliphatic rings. The van der Waals surface area contributed by atoms with Gasteiger partial charge < -0.3 is 9.88 Å². The van der Waals surface area contributed by atoms with E-state index in [1.807, 2.05) is 11.5 Å². The molecule has 1 N–H and O–H groups in total. The molecule has 0 saturated heterocycles. The van der Waals surface area contributed by atoms with Gasteiger partial charge in [0.25, 0.3) is 0 Å². The van der Waals surface area contributed by atoms with Crippen LogP contribution in [-0.4, -0.2) is 36.4 Å². The number of halogens is 3. The highest BCUT2D eigenvalue weighted by Gasteiger charge is 2.16. The average molecular weight is 444 g/mol. The highest BCUT2D eigenvalue weighted by Crippen LogP contribution is 2.32. The largest absolute Gasteiger partial charge is 0.324 e.